The summed E-state index contributed by atoms with van der Waals surface area (Å²) in [5.74, 6) is 1.09. The maximum atomic E-state index is 12.1. The third-order valence-corrected chi connectivity index (χ3v) is 3.80. The molecule has 4 heteroatoms. The highest BCUT2D eigenvalue weighted by atomic mass is 79.9. The van der Waals surface area contributed by atoms with Gasteiger partial charge in [0.05, 0.1) is 0 Å². The Kier molecular flexibility index (Phi) is 6.72. The maximum Gasteiger partial charge on any atom is 0.251 e. The van der Waals surface area contributed by atoms with E-state index in [0.29, 0.717) is 18.3 Å². The van der Waals surface area contributed by atoms with E-state index in [1.165, 1.54) is 0 Å². The summed E-state index contributed by atoms with van der Waals surface area (Å²) in [6.45, 7) is 4.75. The maximum absolute atomic E-state index is 12.1. The normalized spacial score (nSPS) is 12.2. The van der Waals surface area contributed by atoms with Crippen LogP contribution in [0.4, 0.5) is 0 Å². The van der Waals surface area contributed by atoms with Crippen LogP contribution in [-0.4, -0.2) is 18.3 Å². The van der Waals surface area contributed by atoms with Gasteiger partial charge in [-0.3, -0.25) is 4.79 Å². The molecule has 0 fully saturated rings. The van der Waals surface area contributed by atoms with Crippen LogP contribution in [0.5, 0.6) is 0 Å². The van der Waals surface area contributed by atoms with Crippen LogP contribution in [0.25, 0.3) is 0 Å². The van der Waals surface area contributed by atoms with E-state index in [-0.39, 0.29) is 5.91 Å². The lowest BCUT2D eigenvalue weighted by Crippen LogP contribution is -2.29. The largest absolute Gasteiger partial charge is 0.352 e. The highest BCUT2D eigenvalue weighted by Crippen LogP contribution is 2.16. The van der Waals surface area contributed by atoms with E-state index in [1.807, 2.05) is 25.1 Å². The van der Waals surface area contributed by atoms with Crippen LogP contribution in [0.15, 0.2) is 22.7 Å². The van der Waals surface area contributed by atoms with Crippen molar-refractivity contribution in [1.29, 1.82) is 0 Å². The molecule has 0 heterocycles. The monoisotopic (exact) mass is 331 g/mol. The highest BCUT2D eigenvalue weighted by Gasteiger charge is 2.12. The predicted molar refractivity (Wildman–Crippen MR) is 80.3 cm³/mol. The molecular weight excluding hydrogens is 314 g/mol. The summed E-state index contributed by atoms with van der Waals surface area (Å²) in [4.78, 5) is 12.1. The zero-order valence-corrected chi connectivity index (χ0v) is 13.1. The first-order chi connectivity index (χ1) is 8.58. The van der Waals surface area contributed by atoms with E-state index in [1.54, 1.807) is 0 Å². The van der Waals surface area contributed by atoms with E-state index in [2.05, 4.69) is 28.2 Å². The topological polar surface area (TPSA) is 29.1 Å². The number of carbonyl (C=O) groups is 1. The molecule has 1 aromatic carbocycles. The minimum atomic E-state index is -0.0122. The molecule has 1 N–H and O–H groups in total. The van der Waals surface area contributed by atoms with Crippen LogP contribution in [0.2, 0.25) is 0 Å². The van der Waals surface area contributed by atoms with Crippen LogP contribution in [0.1, 0.15) is 35.7 Å². The lowest BCUT2D eigenvalue weighted by molar-refractivity contribution is 0.0946. The summed E-state index contributed by atoms with van der Waals surface area (Å²) in [6, 6.07) is 5.73. The Hall–Kier alpha value is -0.540. The van der Waals surface area contributed by atoms with E-state index >= 15 is 0 Å². The Morgan fingerprint density at radius 1 is 1.50 bits per heavy atom. The number of aryl methyl sites for hydroxylation is 1. The molecule has 0 spiro atoms. The molecule has 1 unspecified atom stereocenters. The van der Waals surface area contributed by atoms with Crippen molar-refractivity contribution in [2.24, 2.45) is 5.92 Å². The van der Waals surface area contributed by atoms with Gasteiger partial charge in [0, 0.05) is 22.5 Å². The predicted octanol–water partition coefficient (Wildman–Crippen LogP) is 4.14. The van der Waals surface area contributed by atoms with Crippen molar-refractivity contribution in [2.45, 2.75) is 26.7 Å². The summed E-state index contributed by atoms with van der Waals surface area (Å²) in [5.41, 5.74) is 1.71. The molecule has 0 bridgehead atoms. The zero-order chi connectivity index (χ0) is 13.5. The molecule has 1 aromatic rings. The number of carbonyl (C=O) groups excluding carboxylic acids is 1. The fourth-order valence-electron chi connectivity index (χ4n) is 1.78. The summed E-state index contributed by atoms with van der Waals surface area (Å²) in [7, 11) is 0. The molecule has 0 aliphatic carbocycles. The van der Waals surface area contributed by atoms with Gasteiger partial charge in [-0.25, -0.2) is 0 Å². The lowest BCUT2D eigenvalue weighted by Gasteiger charge is -2.15. The molecule has 2 nitrogen and oxygen atoms in total. The van der Waals surface area contributed by atoms with E-state index < -0.39 is 0 Å². The minimum absolute atomic E-state index is 0.0122. The lowest BCUT2D eigenvalue weighted by atomic mass is 10.0. The van der Waals surface area contributed by atoms with Crippen LogP contribution in [0, 0.1) is 12.8 Å². The molecule has 1 rings (SSSR count). The van der Waals surface area contributed by atoms with Gasteiger partial charge in [-0.05, 0) is 37.0 Å². The Labute approximate surface area is 122 Å². The molecule has 0 aromatic heterocycles. The third-order valence-electron chi connectivity index (χ3n) is 3.09. The van der Waals surface area contributed by atoms with Crippen LogP contribution >= 0.6 is 27.5 Å². The molecule has 0 aliphatic rings. The Bertz CT molecular complexity index is 409. The second kappa shape index (κ2) is 7.80. The zero-order valence-electron chi connectivity index (χ0n) is 10.8. The summed E-state index contributed by atoms with van der Waals surface area (Å²) in [5, 5.41) is 2.98. The van der Waals surface area contributed by atoms with Crippen molar-refractivity contribution in [2.75, 3.05) is 12.4 Å². The van der Waals surface area contributed by atoms with Gasteiger partial charge in [0.2, 0.25) is 0 Å². The van der Waals surface area contributed by atoms with E-state index in [9.17, 15) is 4.79 Å². The summed E-state index contributed by atoms with van der Waals surface area (Å²) in [6.07, 6.45) is 1.97. The summed E-state index contributed by atoms with van der Waals surface area (Å²) < 4.78 is 0.922. The fraction of sp³-hybridized carbons (Fsp3) is 0.500. The Morgan fingerprint density at radius 3 is 2.83 bits per heavy atom. The average molecular weight is 333 g/mol. The number of rotatable bonds is 6. The first-order valence-corrected chi connectivity index (χ1v) is 7.51. The summed E-state index contributed by atoms with van der Waals surface area (Å²) >= 11 is 9.12. The van der Waals surface area contributed by atoms with Crippen molar-refractivity contribution in [3.05, 3.63) is 33.8 Å². The molecule has 1 atom stereocenters. The Morgan fingerprint density at radius 2 is 2.22 bits per heavy atom. The van der Waals surface area contributed by atoms with Gasteiger partial charge in [-0.15, -0.1) is 11.6 Å². The third kappa shape index (κ3) is 4.62. The number of hydrogen-bond acceptors (Lipinski definition) is 1. The highest BCUT2D eigenvalue weighted by molar-refractivity contribution is 9.10. The SMILES string of the molecule is CCC(CCCl)CNC(=O)c1cc(Br)ccc1C. The van der Waals surface area contributed by atoms with Gasteiger partial charge >= 0.3 is 0 Å². The number of halogens is 2. The molecule has 0 saturated heterocycles. The minimum Gasteiger partial charge on any atom is -0.352 e. The second-order valence-electron chi connectivity index (χ2n) is 4.42. The standard InChI is InChI=1S/C14H19BrClNO/c1-3-11(6-7-16)9-17-14(18)13-8-12(15)5-4-10(13)2/h4-5,8,11H,3,6-7,9H2,1-2H3,(H,17,18). The molecular formula is C14H19BrClNO. The van der Waals surface area contributed by atoms with Gasteiger partial charge in [-0.1, -0.05) is 35.3 Å². The number of amides is 1. The molecule has 1 amide bonds. The number of alkyl halides is 1. The first kappa shape index (κ1) is 15.5. The van der Waals surface area contributed by atoms with Crippen molar-refractivity contribution in [3.8, 4) is 0 Å². The Balaban J connectivity index is 2.62. The van der Waals surface area contributed by atoms with Gasteiger partial charge in [-0.2, -0.15) is 0 Å². The van der Waals surface area contributed by atoms with Crippen molar-refractivity contribution in [1.82, 2.24) is 5.32 Å². The van der Waals surface area contributed by atoms with E-state index in [4.69, 9.17) is 11.6 Å². The molecule has 100 valence electrons. The molecule has 0 saturated carbocycles. The van der Waals surface area contributed by atoms with Gasteiger partial charge in [0.25, 0.3) is 5.91 Å². The molecule has 18 heavy (non-hydrogen) atoms. The van der Waals surface area contributed by atoms with Crippen molar-refractivity contribution >= 4 is 33.4 Å². The number of hydrogen-bond donors (Lipinski definition) is 1. The van der Waals surface area contributed by atoms with Crippen molar-refractivity contribution < 1.29 is 4.79 Å². The first-order valence-electron chi connectivity index (χ1n) is 6.18. The fourth-order valence-corrected chi connectivity index (χ4v) is 2.45. The van der Waals surface area contributed by atoms with Gasteiger partial charge < -0.3 is 5.32 Å². The van der Waals surface area contributed by atoms with E-state index in [0.717, 1.165) is 28.4 Å². The molecule has 0 radical (unpaired) electrons. The van der Waals surface area contributed by atoms with Crippen LogP contribution in [-0.2, 0) is 0 Å². The van der Waals surface area contributed by atoms with Crippen LogP contribution in [0.3, 0.4) is 0 Å². The molecule has 0 aliphatic heterocycles. The number of nitrogens with one attached hydrogen (secondary N) is 1. The quantitative estimate of drug-likeness (QED) is 0.779. The number of benzene rings is 1. The van der Waals surface area contributed by atoms with Gasteiger partial charge in [0.1, 0.15) is 0 Å². The van der Waals surface area contributed by atoms with Gasteiger partial charge in [0.15, 0.2) is 0 Å². The van der Waals surface area contributed by atoms with Crippen molar-refractivity contribution in [3.63, 3.8) is 0 Å². The van der Waals surface area contributed by atoms with Crippen LogP contribution < -0.4 is 5.32 Å². The average Bonchev–Trinajstić information content (AvgIpc) is 2.37. The smallest absolute Gasteiger partial charge is 0.251 e. The second-order valence-corrected chi connectivity index (χ2v) is 5.71.